The third kappa shape index (κ3) is 4.32. The van der Waals surface area contributed by atoms with Crippen molar-refractivity contribution in [3.63, 3.8) is 0 Å². The van der Waals surface area contributed by atoms with E-state index >= 15 is 0 Å². The van der Waals surface area contributed by atoms with Gasteiger partial charge >= 0.3 is 0 Å². The molecule has 18 heavy (non-hydrogen) atoms. The summed E-state index contributed by atoms with van der Waals surface area (Å²) in [7, 11) is 0.858. The predicted molar refractivity (Wildman–Crippen MR) is 81.7 cm³/mol. The number of hydrogen-bond donors (Lipinski definition) is 1. The molecular formula is C11H23N5Si2. The van der Waals surface area contributed by atoms with Gasteiger partial charge in [-0.3, -0.25) is 0 Å². The molecule has 1 N–H and O–H groups in total. The summed E-state index contributed by atoms with van der Waals surface area (Å²) < 4.78 is 2.63. The molecule has 5 nitrogen and oxygen atoms in total. The summed E-state index contributed by atoms with van der Waals surface area (Å²) in [5, 5.41) is 0. The lowest BCUT2D eigenvalue weighted by atomic mass is 10.6. The van der Waals surface area contributed by atoms with E-state index in [2.05, 4.69) is 63.9 Å². The van der Waals surface area contributed by atoms with Crippen molar-refractivity contribution in [2.45, 2.75) is 32.7 Å². The SMILES string of the molecule is CN([SiH](C)C)[Si](C)(C)C.c1ncc2[nH]cnc2n1. The van der Waals surface area contributed by atoms with Crippen LogP contribution in [0.25, 0.3) is 11.2 Å². The van der Waals surface area contributed by atoms with E-state index in [9.17, 15) is 0 Å². The van der Waals surface area contributed by atoms with Crippen molar-refractivity contribution >= 4 is 28.4 Å². The molecule has 2 heterocycles. The summed E-state index contributed by atoms with van der Waals surface area (Å²) in [5.41, 5.74) is 1.59. The molecule has 7 heteroatoms. The minimum absolute atomic E-state index is 0.495. The first kappa shape index (κ1) is 15.0. The molecule has 100 valence electrons. The van der Waals surface area contributed by atoms with Gasteiger partial charge < -0.3 is 9.22 Å². The van der Waals surface area contributed by atoms with E-state index in [0.717, 1.165) is 5.52 Å². The van der Waals surface area contributed by atoms with E-state index in [1.165, 1.54) is 6.33 Å². The van der Waals surface area contributed by atoms with Crippen molar-refractivity contribution in [1.82, 2.24) is 24.2 Å². The van der Waals surface area contributed by atoms with Crippen molar-refractivity contribution < 1.29 is 0 Å². The Labute approximate surface area is 111 Å². The highest BCUT2D eigenvalue weighted by Gasteiger charge is 2.21. The van der Waals surface area contributed by atoms with Gasteiger partial charge in [-0.05, 0) is 7.05 Å². The largest absolute Gasteiger partial charge is 0.351 e. The van der Waals surface area contributed by atoms with E-state index in [1.54, 1.807) is 12.5 Å². The van der Waals surface area contributed by atoms with Crippen LogP contribution in [0.1, 0.15) is 0 Å². The lowest BCUT2D eigenvalue weighted by molar-refractivity contribution is 0.784. The number of H-pyrrole nitrogens is 1. The van der Waals surface area contributed by atoms with Gasteiger partial charge in [-0.15, -0.1) is 0 Å². The van der Waals surface area contributed by atoms with E-state index in [1.807, 2.05) is 0 Å². The first-order valence-electron chi connectivity index (χ1n) is 6.14. The maximum absolute atomic E-state index is 3.91. The average Bonchev–Trinajstić information content (AvgIpc) is 2.75. The molecular weight excluding hydrogens is 258 g/mol. The van der Waals surface area contributed by atoms with E-state index in [4.69, 9.17) is 0 Å². The number of fused-ring (bicyclic) bond motifs is 1. The van der Waals surface area contributed by atoms with Gasteiger partial charge in [-0.2, -0.15) is 0 Å². The molecule has 0 aliphatic carbocycles. The van der Waals surface area contributed by atoms with Crippen LogP contribution in [0.5, 0.6) is 0 Å². The van der Waals surface area contributed by atoms with Crippen molar-refractivity contribution in [1.29, 1.82) is 0 Å². The topological polar surface area (TPSA) is 57.7 Å². The van der Waals surface area contributed by atoms with Crippen molar-refractivity contribution in [2.24, 2.45) is 0 Å². The molecule has 0 aliphatic heterocycles. The Morgan fingerprint density at radius 1 is 1.22 bits per heavy atom. The predicted octanol–water partition coefficient (Wildman–Crippen LogP) is 2.09. The van der Waals surface area contributed by atoms with Gasteiger partial charge in [0.15, 0.2) is 5.65 Å². The molecule has 0 aromatic carbocycles. The summed E-state index contributed by atoms with van der Waals surface area (Å²) in [5.74, 6) is 0. The summed E-state index contributed by atoms with van der Waals surface area (Å²) in [6.07, 6.45) is 4.76. The minimum Gasteiger partial charge on any atom is -0.351 e. The summed E-state index contributed by atoms with van der Waals surface area (Å²) in [4.78, 5) is 14.5. The van der Waals surface area contributed by atoms with Gasteiger partial charge in [0.2, 0.25) is 0 Å². The molecule has 0 spiro atoms. The van der Waals surface area contributed by atoms with Crippen molar-refractivity contribution in [3.8, 4) is 0 Å². The number of nitrogens with one attached hydrogen (secondary N) is 1. The van der Waals surface area contributed by atoms with Crippen molar-refractivity contribution in [2.75, 3.05) is 7.05 Å². The van der Waals surface area contributed by atoms with Crippen LogP contribution in [0.15, 0.2) is 18.9 Å². The lowest BCUT2D eigenvalue weighted by Gasteiger charge is -2.33. The van der Waals surface area contributed by atoms with Crippen LogP contribution in [0.4, 0.5) is 0 Å². The normalized spacial score (nSPS) is 11.8. The number of hydrogen-bond acceptors (Lipinski definition) is 4. The molecule has 2 rings (SSSR count). The number of rotatable bonds is 2. The van der Waals surface area contributed by atoms with Crippen LogP contribution in [0, 0.1) is 0 Å². The Kier molecular flexibility index (Phi) is 5.18. The van der Waals surface area contributed by atoms with Gasteiger partial charge in [-0.25, -0.2) is 15.0 Å². The lowest BCUT2D eigenvalue weighted by Crippen LogP contribution is -2.49. The van der Waals surface area contributed by atoms with Gasteiger partial charge in [0.05, 0.1) is 21.5 Å². The second-order valence-corrected chi connectivity index (χ2v) is 14.1. The molecule has 0 saturated heterocycles. The monoisotopic (exact) mass is 281 g/mol. The molecule has 0 aliphatic rings. The summed E-state index contributed by atoms with van der Waals surface area (Å²) in [6.45, 7) is 12.0. The highest BCUT2D eigenvalue weighted by molar-refractivity contribution is 6.82. The molecule has 0 saturated carbocycles. The molecule has 2 aromatic rings. The maximum Gasteiger partial charge on any atom is 0.180 e. The van der Waals surface area contributed by atoms with Crippen LogP contribution in [-0.2, 0) is 0 Å². The quantitative estimate of drug-likeness (QED) is 0.856. The molecule has 0 unspecified atom stereocenters. The second-order valence-electron chi connectivity index (χ2n) is 5.54. The van der Waals surface area contributed by atoms with Gasteiger partial charge in [0.25, 0.3) is 0 Å². The smallest absolute Gasteiger partial charge is 0.180 e. The maximum atomic E-state index is 3.91. The Morgan fingerprint density at radius 2 is 1.89 bits per heavy atom. The number of aromatic amines is 1. The Balaban J connectivity index is 0.000000180. The second kappa shape index (κ2) is 6.21. The molecule has 0 atom stereocenters. The standard InChI is InChI=1S/C6H19NSi2.C5H4N4/c1-7(8(2)3)9(4,5)6;1-4-5(8-2-6-1)9-3-7-4/h8H,1-6H3;1-3H,(H,6,7,8,9). The summed E-state index contributed by atoms with van der Waals surface area (Å²) >= 11 is 0. The summed E-state index contributed by atoms with van der Waals surface area (Å²) in [6, 6.07) is 0. The Hall–Kier alpha value is -1.06. The zero-order valence-electron chi connectivity index (χ0n) is 12.1. The van der Waals surface area contributed by atoms with Crippen LogP contribution < -0.4 is 0 Å². The highest BCUT2D eigenvalue weighted by Crippen LogP contribution is 2.07. The van der Waals surface area contributed by atoms with Gasteiger partial charge in [0.1, 0.15) is 20.1 Å². The van der Waals surface area contributed by atoms with Gasteiger partial charge in [-0.1, -0.05) is 32.7 Å². The Morgan fingerprint density at radius 3 is 2.33 bits per heavy atom. The zero-order valence-corrected chi connectivity index (χ0v) is 14.3. The number of aromatic nitrogens is 4. The zero-order chi connectivity index (χ0) is 13.8. The molecule has 0 radical (unpaired) electrons. The molecule has 0 bridgehead atoms. The minimum atomic E-state index is -0.929. The third-order valence-electron chi connectivity index (χ3n) is 2.93. The van der Waals surface area contributed by atoms with Crippen molar-refractivity contribution in [3.05, 3.63) is 18.9 Å². The van der Waals surface area contributed by atoms with E-state index < -0.39 is 17.2 Å². The number of imidazole rings is 1. The van der Waals surface area contributed by atoms with Crippen LogP contribution in [-0.4, -0.2) is 48.4 Å². The molecule has 2 aromatic heterocycles. The van der Waals surface area contributed by atoms with Crippen LogP contribution in [0.2, 0.25) is 32.7 Å². The fraction of sp³-hybridized carbons (Fsp3) is 0.545. The van der Waals surface area contributed by atoms with Crippen LogP contribution >= 0.6 is 0 Å². The number of nitrogens with zero attached hydrogens (tertiary/aromatic N) is 4. The molecule has 0 amide bonds. The average molecular weight is 282 g/mol. The van der Waals surface area contributed by atoms with E-state index in [-0.39, 0.29) is 0 Å². The van der Waals surface area contributed by atoms with Gasteiger partial charge in [0, 0.05) is 0 Å². The Bertz CT molecular complexity index is 447. The first-order chi connectivity index (χ1) is 8.32. The molecule has 0 fully saturated rings. The highest BCUT2D eigenvalue weighted by atomic mass is 28.4. The third-order valence-corrected chi connectivity index (χ3v) is 10.5. The fourth-order valence-corrected chi connectivity index (χ4v) is 7.66. The first-order valence-corrected chi connectivity index (χ1v) is 12.4. The van der Waals surface area contributed by atoms with E-state index in [0.29, 0.717) is 5.65 Å². The fourth-order valence-electron chi connectivity index (χ4n) is 1.47. The van der Waals surface area contributed by atoms with Crippen LogP contribution in [0.3, 0.4) is 0 Å².